The summed E-state index contributed by atoms with van der Waals surface area (Å²) in [6, 6.07) is 4.00. The van der Waals surface area contributed by atoms with Gasteiger partial charge in [-0.05, 0) is 12.1 Å². The topological polar surface area (TPSA) is 43.8 Å². The number of pyridine rings is 1. The van der Waals surface area contributed by atoms with E-state index in [4.69, 9.17) is 14.2 Å². The standard InChI is InChI=1S/C13H20N2O3/c1-2-13(12-14-3-1)15-4-6-16-8-10-18-11-9-17-7-5-15/h1-3,12H,4-11H2. The molecule has 2 rings (SSSR count). The number of ether oxygens (including phenoxy) is 3. The summed E-state index contributed by atoms with van der Waals surface area (Å²) >= 11 is 0. The van der Waals surface area contributed by atoms with Gasteiger partial charge in [-0.3, -0.25) is 4.98 Å². The van der Waals surface area contributed by atoms with Crippen LogP contribution in [0.3, 0.4) is 0 Å². The van der Waals surface area contributed by atoms with Crippen molar-refractivity contribution >= 4 is 5.69 Å². The largest absolute Gasteiger partial charge is 0.377 e. The number of aromatic nitrogens is 1. The van der Waals surface area contributed by atoms with Gasteiger partial charge in [0.05, 0.1) is 51.5 Å². The van der Waals surface area contributed by atoms with Crippen LogP contribution in [0.5, 0.6) is 0 Å². The maximum atomic E-state index is 5.53. The predicted octanol–water partition coefficient (Wildman–Crippen LogP) is 0.951. The quantitative estimate of drug-likeness (QED) is 0.744. The van der Waals surface area contributed by atoms with Gasteiger partial charge in [-0.2, -0.15) is 0 Å². The lowest BCUT2D eigenvalue weighted by atomic mass is 10.3. The minimum atomic E-state index is 0.635. The predicted molar refractivity (Wildman–Crippen MR) is 68.9 cm³/mol. The molecule has 1 saturated heterocycles. The van der Waals surface area contributed by atoms with Crippen LogP contribution >= 0.6 is 0 Å². The summed E-state index contributed by atoms with van der Waals surface area (Å²) in [6.45, 7) is 5.62. The lowest BCUT2D eigenvalue weighted by Gasteiger charge is -2.24. The average Bonchev–Trinajstić information content (AvgIpc) is 2.40. The molecule has 0 aromatic carbocycles. The lowest BCUT2D eigenvalue weighted by Crippen LogP contribution is -2.32. The zero-order chi connectivity index (χ0) is 12.5. The van der Waals surface area contributed by atoms with Crippen molar-refractivity contribution in [2.45, 2.75) is 0 Å². The molecule has 0 amide bonds. The van der Waals surface area contributed by atoms with Gasteiger partial charge in [-0.25, -0.2) is 0 Å². The zero-order valence-electron chi connectivity index (χ0n) is 10.6. The van der Waals surface area contributed by atoms with Crippen LogP contribution in [-0.2, 0) is 14.2 Å². The Kier molecular flexibility index (Phi) is 5.91. The van der Waals surface area contributed by atoms with Gasteiger partial charge in [0.1, 0.15) is 0 Å². The van der Waals surface area contributed by atoms with Crippen molar-refractivity contribution in [3.05, 3.63) is 24.5 Å². The number of rotatable bonds is 1. The van der Waals surface area contributed by atoms with E-state index >= 15 is 0 Å². The Morgan fingerprint density at radius 1 is 0.889 bits per heavy atom. The molecule has 0 unspecified atom stereocenters. The summed E-state index contributed by atoms with van der Waals surface area (Å²) < 4.78 is 16.4. The molecule has 0 bridgehead atoms. The molecule has 0 spiro atoms. The first-order chi connectivity index (χ1) is 8.97. The highest BCUT2D eigenvalue weighted by atomic mass is 16.5. The van der Waals surface area contributed by atoms with Gasteiger partial charge in [0.2, 0.25) is 0 Å². The van der Waals surface area contributed by atoms with Gasteiger partial charge >= 0.3 is 0 Å². The van der Waals surface area contributed by atoms with Crippen LogP contribution in [0.2, 0.25) is 0 Å². The van der Waals surface area contributed by atoms with Crippen LogP contribution in [0.4, 0.5) is 5.69 Å². The van der Waals surface area contributed by atoms with Gasteiger partial charge < -0.3 is 19.1 Å². The Bertz CT molecular complexity index is 309. The van der Waals surface area contributed by atoms with Gasteiger partial charge in [-0.1, -0.05) is 0 Å². The molecule has 1 fully saturated rings. The van der Waals surface area contributed by atoms with E-state index in [0.717, 1.165) is 18.8 Å². The van der Waals surface area contributed by atoms with Crippen molar-refractivity contribution in [1.29, 1.82) is 0 Å². The Morgan fingerprint density at radius 3 is 2.06 bits per heavy atom. The van der Waals surface area contributed by atoms with E-state index in [1.165, 1.54) is 0 Å². The van der Waals surface area contributed by atoms with Crippen molar-refractivity contribution in [3.63, 3.8) is 0 Å². The molecule has 1 aromatic heterocycles. The molecule has 1 aliphatic heterocycles. The van der Waals surface area contributed by atoms with Crippen molar-refractivity contribution in [3.8, 4) is 0 Å². The highest BCUT2D eigenvalue weighted by Gasteiger charge is 2.07. The van der Waals surface area contributed by atoms with Crippen LogP contribution in [0, 0.1) is 0 Å². The van der Waals surface area contributed by atoms with Gasteiger partial charge in [-0.15, -0.1) is 0 Å². The second-order valence-electron chi connectivity index (χ2n) is 4.04. The van der Waals surface area contributed by atoms with Crippen molar-refractivity contribution < 1.29 is 14.2 Å². The smallest absolute Gasteiger partial charge is 0.0701 e. The maximum Gasteiger partial charge on any atom is 0.0701 e. The molecule has 1 aromatic rings. The molecular weight excluding hydrogens is 232 g/mol. The molecule has 18 heavy (non-hydrogen) atoms. The Labute approximate surface area is 108 Å². The first-order valence-corrected chi connectivity index (χ1v) is 6.35. The molecule has 0 atom stereocenters. The monoisotopic (exact) mass is 252 g/mol. The number of hydrogen-bond acceptors (Lipinski definition) is 5. The van der Waals surface area contributed by atoms with Gasteiger partial charge in [0, 0.05) is 19.3 Å². The zero-order valence-corrected chi connectivity index (χ0v) is 10.6. The summed E-state index contributed by atoms with van der Waals surface area (Å²) in [6.07, 6.45) is 3.65. The maximum absolute atomic E-state index is 5.53. The minimum Gasteiger partial charge on any atom is -0.377 e. The van der Waals surface area contributed by atoms with Crippen LogP contribution in [-0.4, -0.2) is 57.7 Å². The van der Waals surface area contributed by atoms with E-state index in [1.807, 2.05) is 12.3 Å². The van der Waals surface area contributed by atoms with E-state index in [1.54, 1.807) is 6.20 Å². The number of hydrogen-bond donors (Lipinski definition) is 0. The molecule has 2 heterocycles. The SMILES string of the molecule is c1cncc(N2CCOCCOCCOCC2)c1. The minimum absolute atomic E-state index is 0.635. The highest BCUT2D eigenvalue weighted by Crippen LogP contribution is 2.11. The average molecular weight is 252 g/mol. The summed E-state index contributed by atoms with van der Waals surface area (Å²) in [5.41, 5.74) is 1.11. The normalized spacial score (nSPS) is 19.9. The Balaban J connectivity index is 1.89. The lowest BCUT2D eigenvalue weighted by molar-refractivity contribution is 0.0126. The molecule has 100 valence electrons. The number of anilines is 1. The number of nitrogens with zero attached hydrogens (tertiary/aromatic N) is 2. The highest BCUT2D eigenvalue weighted by molar-refractivity contribution is 5.43. The van der Waals surface area contributed by atoms with Crippen molar-refractivity contribution in [1.82, 2.24) is 4.98 Å². The molecule has 0 aliphatic carbocycles. The fourth-order valence-corrected chi connectivity index (χ4v) is 1.80. The molecule has 0 N–H and O–H groups in total. The van der Waals surface area contributed by atoms with Crippen molar-refractivity contribution in [2.75, 3.05) is 57.6 Å². The third-order valence-electron chi connectivity index (χ3n) is 2.77. The first-order valence-electron chi connectivity index (χ1n) is 6.35. The second kappa shape index (κ2) is 8.02. The van der Waals surface area contributed by atoms with Crippen LogP contribution in [0.15, 0.2) is 24.5 Å². The van der Waals surface area contributed by atoms with E-state index in [0.29, 0.717) is 39.6 Å². The van der Waals surface area contributed by atoms with Gasteiger partial charge in [0.15, 0.2) is 0 Å². The Hall–Kier alpha value is -1.17. The van der Waals surface area contributed by atoms with Crippen LogP contribution < -0.4 is 4.90 Å². The third kappa shape index (κ3) is 4.60. The van der Waals surface area contributed by atoms with Crippen LogP contribution in [0.25, 0.3) is 0 Å². The second-order valence-corrected chi connectivity index (χ2v) is 4.04. The molecule has 5 heteroatoms. The fourth-order valence-electron chi connectivity index (χ4n) is 1.80. The molecule has 0 saturated carbocycles. The molecule has 5 nitrogen and oxygen atoms in total. The first kappa shape index (κ1) is 13.3. The third-order valence-corrected chi connectivity index (χ3v) is 2.77. The summed E-state index contributed by atoms with van der Waals surface area (Å²) in [4.78, 5) is 6.38. The molecular formula is C13H20N2O3. The van der Waals surface area contributed by atoms with Crippen molar-refractivity contribution in [2.24, 2.45) is 0 Å². The van der Waals surface area contributed by atoms with E-state index in [2.05, 4.69) is 16.0 Å². The molecule has 1 aliphatic rings. The van der Waals surface area contributed by atoms with E-state index in [9.17, 15) is 0 Å². The van der Waals surface area contributed by atoms with Gasteiger partial charge in [0.25, 0.3) is 0 Å². The van der Waals surface area contributed by atoms with Crippen LogP contribution in [0.1, 0.15) is 0 Å². The summed E-state index contributed by atoms with van der Waals surface area (Å²) in [5.74, 6) is 0. The van der Waals surface area contributed by atoms with E-state index < -0.39 is 0 Å². The fraction of sp³-hybridized carbons (Fsp3) is 0.615. The summed E-state index contributed by atoms with van der Waals surface area (Å²) in [5, 5.41) is 0. The Morgan fingerprint density at radius 2 is 1.50 bits per heavy atom. The van der Waals surface area contributed by atoms with E-state index in [-0.39, 0.29) is 0 Å². The molecule has 0 radical (unpaired) electrons. The summed E-state index contributed by atoms with van der Waals surface area (Å²) in [7, 11) is 0.